The van der Waals surface area contributed by atoms with E-state index in [1.165, 1.54) is 25.5 Å². The lowest BCUT2D eigenvalue weighted by atomic mass is 9.95. The molecule has 0 radical (unpaired) electrons. The van der Waals surface area contributed by atoms with Crippen molar-refractivity contribution >= 4 is 17.6 Å². The molecule has 0 saturated heterocycles. The van der Waals surface area contributed by atoms with Crippen molar-refractivity contribution < 1.29 is 19.4 Å². The maximum Gasteiger partial charge on any atom is 0.344 e. The van der Waals surface area contributed by atoms with E-state index in [1.54, 1.807) is 18.2 Å². The molecule has 1 unspecified atom stereocenters. The summed E-state index contributed by atoms with van der Waals surface area (Å²) in [5, 5.41) is 9.89. The van der Waals surface area contributed by atoms with Crippen LogP contribution in [0.3, 0.4) is 0 Å². The molecule has 0 spiro atoms. The molecule has 1 N–H and O–H groups in total. The summed E-state index contributed by atoms with van der Waals surface area (Å²) in [5.74, 6) is -0.124. The minimum atomic E-state index is -0.964. The average molecular weight is 325 g/mol. The van der Waals surface area contributed by atoms with Gasteiger partial charge in [0.2, 0.25) is 0 Å². The fourth-order valence-corrected chi connectivity index (χ4v) is 2.74. The number of carbonyl (C=O) groups is 1. The zero-order valence-corrected chi connectivity index (χ0v) is 13.4. The third-order valence-corrected chi connectivity index (χ3v) is 4.02. The number of ether oxygens (including phenoxy) is 2. The lowest BCUT2D eigenvalue weighted by Gasteiger charge is -2.19. The van der Waals surface area contributed by atoms with Crippen molar-refractivity contribution in [1.82, 2.24) is 0 Å². The smallest absolute Gasteiger partial charge is 0.344 e. The van der Waals surface area contributed by atoms with Crippen LogP contribution in [-0.4, -0.2) is 24.3 Å². The van der Waals surface area contributed by atoms with Gasteiger partial charge in [-0.05, 0) is 50.7 Å². The van der Waals surface area contributed by atoms with Crippen molar-refractivity contribution in [3.63, 3.8) is 0 Å². The molecule has 0 fully saturated rings. The minimum Gasteiger partial charge on any atom is -0.493 e. The molecular formula is C17H21ClO4. The van der Waals surface area contributed by atoms with Gasteiger partial charge >= 0.3 is 5.97 Å². The van der Waals surface area contributed by atoms with Gasteiger partial charge in [0.15, 0.2) is 17.6 Å². The predicted octanol–water partition coefficient (Wildman–Crippen LogP) is 4.46. The van der Waals surface area contributed by atoms with Crippen LogP contribution >= 0.6 is 11.6 Å². The fourth-order valence-electron chi connectivity index (χ4n) is 2.57. The molecule has 5 heteroatoms. The lowest BCUT2D eigenvalue weighted by Crippen LogP contribution is -2.27. The topological polar surface area (TPSA) is 55.8 Å². The third kappa shape index (κ3) is 4.67. The molecule has 2 rings (SSSR count). The first-order valence-electron chi connectivity index (χ1n) is 7.51. The zero-order valence-electron chi connectivity index (χ0n) is 12.7. The normalized spacial score (nSPS) is 15.8. The van der Waals surface area contributed by atoms with Crippen molar-refractivity contribution in [3.05, 3.63) is 34.9 Å². The van der Waals surface area contributed by atoms with E-state index in [4.69, 9.17) is 21.1 Å². The van der Waals surface area contributed by atoms with Crippen LogP contribution in [0.2, 0.25) is 5.02 Å². The Bertz CT molecular complexity index is 554. The number of carboxylic acid groups (broad SMARTS) is 1. The number of benzene rings is 1. The van der Waals surface area contributed by atoms with Crippen LogP contribution < -0.4 is 9.47 Å². The minimum absolute atomic E-state index is 0.400. The van der Waals surface area contributed by atoms with Crippen molar-refractivity contribution in [2.75, 3.05) is 7.11 Å². The molecule has 1 aliphatic carbocycles. The van der Waals surface area contributed by atoms with Crippen LogP contribution in [-0.2, 0) is 4.79 Å². The Balaban J connectivity index is 2.02. The van der Waals surface area contributed by atoms with Gasteiger partial charge in [0.1, 0.15) is 0 Å². The molecule has 1 aromatic carbocycles. The van der Waals surface area contributed by atoms with Crippen LogP contribution in [0, 0.1) is 0 Å². The highest BCUT2D eigenvalue weighted by Gasteiger charge is 2.22. The number of aliphatic carboxylic acids is 1. The summed E-state index contributed by atoms with van der Waals surface area (Å²) >= 11 is 5.90. The Morgan fingerprint density at radius 1 is 1.36 bits per heavy atom. The molecule has 120 valence electrons. The highest BCUT2D eigenvalue weighted by atomic mass is 35.5. The maximum atomic E-state index is 11.4. The van der Waals surface area contributed by atoms with Crippen LogP contribution in [0.5, 0.6) is 11.5 Å². The number of hydrogen-bond acceptors (Lipinski definition) is 3. The van der Waals surface area contributed by atoms with Gasteiger partial charge in [0, 0.05) is 11.1 Å². The number of hydrogen-bond donors (Lipinski definition) is 1. The summed E-state index contributed by atoms with van der Waals surface area (Å²) in [6.07, 6.45) is 7.12. The molecule has 0 bridgehead atoms. The van der Waals surface area contributed by atoms with Gasteiger partial charge in [-0.2, -0.15) is 0 Å². The molecule has 0 aromatic heterocycles. The molecule has 0 aliphatic heterocycles. The number of carboxylic acids is 1. The van der Waals surface area contributed by atoms with Crippen LogP contribution in [0.25, 0.3) is 0 Å². The number of halogens is 1. The summed E-state index contributed by atoms with van der Waals surface area (Å²) in [6, 6.07) is 4.90. The van der Waals surface area contributed by atoms with Gasteiger partial charge in [0.25, 0.3) is 0 Å². The van der Waals surface area contributed by atoms with E-state index in [1.807, 2.05) is 0 Å². The van der Waals surface area contributed by atoms with Crippen molar-refractivity contribution in [3.8, 4) is 11.5 Å². The first-order chi connectivity index (χ1) is 10.6. The second kappa shape index (κ2) is 8.08. The predicted molar refractivity (Wildman–Crippen MR) is 85.8 cm³/mol. The van der Waals surface area contributed by atoms with Gasteiger partial charge in [0.05, 0.1) is 7.11 Å². The first kappa shape index (κ1) is 16.7. The van der Waals surface area contributed by atoms with Crippen LogP contribution in [0.1, 0.15) is 38.5 Å². The molecular weight excluding hydrogens is 304 g/mol. The summed E-state index contributed by atoms with van der Waals surface area (Å²) in [4.78, 5) is 11.4. The summed E-state index contributed by atoms with van der Waals surface area (Å²) < 4.78 is 10.8. The fraction of sp³-hybridized carbons (Fsp3) is 0.471. The summed E-state index contributed by atoms with van der Waals surface area (Å²) in [6.45, 7) is 0. The lowest BCUT2D eigenvalue weighted by molar-refractivity contribution is -0.145. The van der Waals surface area contributed by atoms with E-state index in [0.29, 0.717) is 22.9 Å². The standard InChI is InChI=1S/C17H21ClO4/c1-21-16-11-13(18)8-10-14(16)22-15(17(19)20)9-7-12-5-3-2-4-6-12/h5,8,10-11,15H,2-4,6-7,9H2,1H3,(H,19,20). The highest BCUT2D eigenvalue weighted by molar-refractivity contribution is 6.30. The number of rotatable bonds is 7. The Kier molecular flexibility index (Phi) is 6.13. The third-order valence-electron chi connectivity index (χ3n) is 3.78. The van der Waals surface area contributed by atoms with Crippen molar-refractivity contribution in [1.29, 1.82) is 0 Å². The van der Waals surface area contributed by atoms with Crippen molar-refractivity contribution in [2.45, 2.75) is 44.6 Å². The Hall–Kier alpha value is -1.68. The highest BCUT2D eigenvalue weighted by Crippen LogP contribution is 2.32. The van der Waals surface area contributed by atoms with Gasteiger partial charge in [-0.1, -0.05) is 23.3 Å². The van der Waals surface area contributed by atoms with Gasteiger partial charge in [-0.3, -0.25) is 0 Å². The van der Waals surface area contributed by atoms with Crippen LogP contribution in [0.15, 0.2) is 29.8 Å². The van der Waals surface area contributed by atoms with E-state index in [-0.39, 0.29) is 0 Å². The SMILES string of the molecule is COc1cc(Cl)ccc1OC(CCC1=CCCCC1)C(=O)O. The van der Waals surface area contributed by atoms with E-state index >= 15 is 0 Å². The largest absolute Gasteiger partial charge is 0.493 e. The van der Waals surface area contributed by atoms with E-state index in [9.17, 15) is 9.90 Å². The molecule has 1 atom stereocenters. The van der Waals surface area contributed by atoms with Gasteiger partial charge < -0.3 is 14.6 Å². The molecule has 4 nitrogen and oxygen atoms in total. The average Bonchev–Trinajstić information content (AvgIpc) is 2.53. The molecule has 22 heavy (non-hydrogen) atoms. The quantitative estimate of drug-likeness (QED) is 0.752. The first-order valence-corrected chi connectivity index (χ1v) is 7.89. The van der Waals surface area contributed by atoms with E-state index in [2.05, 4.69) is 6.08 Å². The monoisotopic (exact) mass is 324 g/mol. The second-order valence-electron chi connectivity index (χ2n) is 5.39. The zero-order chi connectivity index (χ0) is 15.9. The molecule has 0 amide bonds. The number of methoxy groups -OCH3 is 1. The summed E-state index contributed by atoms with van der Waals surface area (Å²) in [7, 11) is 1.50. The molecule has 0 saturated carbocycles. The van der Waals surface area contributed by atoms with Gasteiger partial charge in [-0.15, -0.1) is 0 Å². The second-order valence-corrected chi connectivity index (χ2v) is 5.82. The van der Waals surface area contributed by atoms with Gasteiger partial charge in [-0.25, -0.2) is 4.79 Å². The Morgan fingerprint density at radius 2 is 2.18 bits per heavy atom. The van der Waals surface area contributed by atoms with Crippen molar-refractivity contribution in [2.24, 2.45) is 0 Å². The van der Waals surface area contributed by atoms with E-state index < -0.39 is 12.1 Å². The maximum absolute atomic E-state index is 11.4. The Labute approximate surface area is 135 Å². The van der Waals surface area contributed by atoms with E-state index in [0.717, 1.165) is 19.3 Å². The molecule has 0 heterocycles. The summed E-state index contributed by atoms with van der Waals surface area (Å²) in [5.41, 5.74) is 1.34. The van der Waals surface area contributed by atoms with Crippen LogP contribution in [0.4, 0.5) is 0 Å². The molecule has 1 aromatic rings. The Morgan fingerprint density at radius 3 is 2.82 bits per heavy atom. The molecule has 1 aliphatic rings. The number of allylic oxidation sites excluding steroid dienone is 2.